The number of cyclic esters (lactones) is 1. The number of rotatable bonds is 5. The van der Waals surface area contributed by atoms with Gasteiger partial charge in [0.25, 0.3) is 5.91 Å². The predicted octanol–water partition coefficient (Wildman–Crippen LogP) is 4.90. The van der Waals surface area contributed by atoms with Crippen molar-refractivity contribution in [3.05, 3.63) is 65.2 Å². The minimum absolute atomic E-state index is 0.118. The maximum absolute atomic E-state index is 13.1. The van der Waals surface area contributed by atoms with Gasteiger partial charge in [-0.3, -0.25) is 4.79 Å². The Morgan fingerprint density at radius 3 is 2.54 bits per heavy atom. The number of nitrogens with one attached hydrogen (secondary N) is 1. The van der Waals surface area contributed by atoms with E-state index in [0.29, 0.717) is 49.1 Å². The zero-order chi connectivity index (χ0) is 27.7. The van der Waals surface area contributed by atoms with Crippen LogP contribution in [-0.2, 0) is 15.7 Å². The highest BCUT2D eigenvalue weighted by molar-refractivity contribution is 6.04. The van der Waals surface area contributed by atoms with E-state index >= 15 is 0 Å². The summed E-state index contributed by atoms with van der Waals surface area (Å²) in [5.74, 6) is 0.131. The lowest BCUT2D eigenvalue weighted by Crippen LogP contribution is -2.38. The van der Waals surface area contributed by atoms with Crippen molar-refractivity contribution in [1.29, 1.82) is 0 Å². The number of carbonyl (C=O) groups is 2. The van der Waals surface area contributed by atoms with Crippen molar-refractivity contribution in [1.82, 2.24) is 9.97 Å². The maximum atomic E-state index is 13.1. The second kappa shape index (κ2) is 10.5. The van der Waals surface area contributed by atoms with E-state index < -0.39 is 23.7 Å². The Morgan fingerprint density at radius 2 is 1.85 bits per heavy atom. The molecule has 2 aromatic carbocycles. The van der Waals surface area contributed by atoms with Crippen LogP contribution in [-0.4, -0.2) is 60.9 Å². The van der Waals surface area contributed by atoms with Gasteiger partial charge in [0.15, 0.2) is 0 Å². The zero-order valence-electron chi connectivity index (χ0n) is 21.3. The molecule has 0 aliphatic carbocycles. The van der Waals surface area contributed by atoms with E-state index in [1.807, 2.05) is 24.8 Å². The number of morpholine rings is 1. The number of carbonyl (C=O) groups excluding carboxylic acids is 2. The molecule has 2 amide bonds. The molecule has 5 rings (SSSR count). The summed E-state index contributed by atoms with van der Waals surface area (Å²) in [5, 5.41) is 2.67. The van der Waals surface area contributed by atoms with E-state index in [-0.39, 0.29) is 24.2 Å². The van der Waals surface area contributed by atoms with Crippen LogP contribution < -0.4 is 15.1 Å². The Balaban J connectivity index is 1.50. The summed E-state index contributed by atoms with van der Waals surface area (Å²) in [7, 11) is 0. The molecule has 39 heavy (non-hydrogen) atoms. The smallest absolute Gasteiger partial charge is 0.417 e. The van der Waals surface area contributed by atoms with Crippen molar-refractivity contribution >= 4 is 29.5 Å². The SMILES string of the molecule is Cc1ccc(NC(=O)c2cccc(C(F)(F)F)c2)cc1-c1cc(N2CCOCC2)nc(N2C(=O)OC[C@@H]2C)n1. The Kier molecular flexibility index (Phi) is 7.13. The molecule has 3 heterocycles. The Morgan fingerprint density at radius 1 is 1.08 bits per heavy atom. The number of nitrogens with zero attached hydrogens (tertiary/aromatic N) is 4. The van der Waals surface area contributed by atoms with E-state index in [4.69, 9.17) is 9.47 Å². The van der Waals surface area contributed by atoms with Crippen LogP contribution in [0.15, 0.2) is 48.5 Å². The van der Waals surface area contributed by atoms with Crippen molar-refractivity contribution in [2.75, 3.05) is 48.0 Å². The van der Waals surface area contributed by atoms with Gasteiger partial charge in [0.1, 0.15) is 12.4 Å². The maximum Gasteiger partial charge on any atom is 0.417 e. The van der Waals surface area contributed by atoms with Crippen LogP contribution >= 0.6 is 0 Å². The molecule has 2 aliphatic heterocycles. The summed E-state index contributed by atoms with van der Waals surface area (Å²) in [6.07, 6.45) is -5.10. The third-order valence-electron chi connectivity index (χ3n) is 6.56. The first-order valence-corrected chi connectivity index (χ1v) is 12.4. The fourth-order valence-corrected chi connectivity index (χ4v) is 4.43. The Hall–Kier alpha value is -4.19. The zero-order valence-corrected chi connectivity index (χ0v) is 21.3. The molecule has 2 fully saturated rings. The molecule has 1 aromatic heterocycles. The lowest BCUT2D eigenvalue weighted by atomic mass is 10.0. The van der Waals surface area contributed by atoms with Crippen molar-refractivity contribution in [2.45, 2.75) is 26.1 Å². The third kappa shape index (κ3) is 5.65. The van der Waals surface area contributed by atoms with Gasteiger partial charge in [0, 0.05) is 36.0 Å². The van der Waals surface area contributed by atoms with Gasteiger partial charge in [0.05, 0.1) is 30.5 Å². The summed E-state index contributed by atoms with van der Waals surface area (Å²) < 4.78 is 50.0. The first kappa shape index (κ1) is 26.4. The summed E-state index contributed by atoms with van der Waals surface area (Å²) in [4.78, 5) is 38.0. The van der Waals surface area contributed by atoms with E-state index in [1.165, 1.54) is 17.0 Å². The molecule has 0 unspecified atom stereocenters. The number of alkyl halides is 3. The van der Waals surface area contributed by atoms with E-state index in [2.05, 4.69) is 15.3 Å². The van der Waals surface area contributed by atoms with Crippen molar-refractivity contribution in [3.8, 4) is 11.3 Å². The van der Waals surface area contributed by atoms with Crippen LogP contribution in [0.25, 0.3) is 11.3 Å². The molecule has 1 N–H and O–H groups in total. The van der Waals surface area contributed by atoms with Crippen molar-refractivity contribution < 1.29 is 32.2 Å². The third-order valence-corrected chi connectivity index (χ3v) is 6.56. The minimum Gasteiger partial charge on any atom is -0.447 e. The van der Waals surface area contributed by atoms with Crippen molar-refractivity contribution in [3.63, 3.8) is 0 Å². The quantitative estimate of drug-likeness (QED) is 0.491. The van der Waals surface area contributed by atoms with Gasteiger partial charge in [-0.2, -0.15) is 18.2 Å². The molecular weight excluding hydrogens is 515 g/mol. The van der Waals surface area contributed by atoms with Gasteiger partial charge in [0.2, 0.25) is 5.95 Å². The second-order valence-corrected chi connectivity index (χ2v) is 9.37. The summed E-state index contributed by atoms with van der Waals surface area (Å²) >= 11 is 0. The number of anilines is 3. The molecule has 0 spiro atoms. The molecule has 2 saturated heterocycles. The summed E-state index contributed by atoms with van der Waals surface area (Å²) in [6, 6.07) is 10.9. The molecule has 0 radical (unpaired) electrons. The molecule has 3 aromatic rings. The summed E-state index contributed by atoms with van der Waals surface area (Å²) in [5.41, 5.74) is 1.36. The second-order valence-electron chi connectivity index (χ2n) is 9.37. The average molecular weight is 542 g/mol. The van der Waals surface area contributed by atoms with E-state index in [9.17, 15) is 22.8 Å². The summed E-state index contributed by atoms with van der Waals surface area (Å²) in [6.45, 7) is 6.22. The topological polar surface area (TPSA) is 96.9 Å². The first-order chi connectivity index (χ1) is 18.6. The molecular formula is C27H26F3N5O4. The van der Waals surface area contributed by atoms with Crippen LogP contribution in [0.4, 0.5) is 35.4 Å². The number of hydrogen-bond acceptors (Lipinski definition) is 7. The van der Waals surface area contributed by atoms with Crippen LogP contribution in [0.2, 0.25) is 0 Å². The molecule has 204 valence electrons. The lowest BCUT2D eigenvalue weighted by Gasteiger charge is -2.29. The van der Waals surface area contributed by atoms with Gasteiger partial charge < -0.3 is 19.7 Å². The first-order valence-electron chi connectivity index (χ1n) is 12.4. The van der Waals surface area contributed by atoms with Crippen LogP contribution in [0.3, 0.4) is 0 Å². The number of halogens is 3. The lowest BCUT2D eigenvalue weighted by molar-refractivity contribution is -0.137. The van der Waals surface area contributed by atoms with Crippen LogP contribution in [0, 0.1) is 6.92 Å². The number of ether oxygens (including phenoxy) is 2. The molecule has 0 saturated carbocycles. The van der Waals surface area contributed by atoms with Crippen LogP contribution in [0.5, 0.6) is 0 Å². The largest absolute Gasteiger partial charge is 0.447 e. The van der Waals surface area contributed by atoms with Crippen LogP contribution in [0.1, 0.15) is 28.4 Å². The predicted molar refractivity (Wildman–Crippen MR) is 138 cm³/mol. The number of aromatic nitrogens is 2. The van der Waals surface area contributed by atoms with Gasteiger partial charge in [-0.05, 0) is 49.7 Å². The fourth-order valence-electron chi connectivity index (χ4n) is 4.43. The van der Waals surface area contributed by atoms with Gasteiger partial charge in [-0.1, -0.05) is 12.1 Å². The van der Waals surface area contributed by atoms with E-state index in [1.54, 1.807) is 18.2 Å². The van der Waals surface area contributed by atoms with Gasteiger partial charge in [-0.25, -0.2) is 14.7 Å². The minimum atomic E-state index is -4.56. The monoisotopic (exact) mass is 541 g/mol. The number of aryl methyl sites for hydroxylation is 1. The van der Waals surface area contributed by atoms with Gasteiger partial charge in [-0.15, -0.1) is 0 Å². The van der Waals surface area contributed by atoms with Crippen molar-refractivity contribution in [2.24, 2.45) is 0 Å². The molecule has 9 nitrogen and oxygen atoms in total. The standard InChI is InChI=1S/C27H26F3N5O4/c1-16-6-7-20(31-24(36)18-4-3-5-19(12-18)27(28,29)30)13-21(16)22-14-23(34-8-10-38-11-9-34)33-25(32-22)35-17(2)15-39-26(35)37/h3-7,12-14,17H,8-11,15H2,1-2H3,(H,31,36)/t17-/m0/s1. The van der Waals surface area contributed by atoms with E-state index in [0.717, 1.165) is 17.7 Å². The Bertz CT molecular complexity index is 1410. The molecule has 0 bridgehead atoms. The number of hydrogen-bond donors (Lipinski definition) is 1. The number of benzene rings is 2. The highest BCUT2D eigenvalue weighted by atomic mass is 19.4. The van der Waals surface area contributed by atoms with Gasteiger partial charge >= 0.3 is 12.3 Å². The molecule has 2 aliphatic rings. The number of amides is 2. The molecule has 12 heteroatoms. The highest BCUT2D eigenvalue weighted by Crippen LogP contribution is 2.32. The average Bonchev–Trinajstić information content (AvgIpc) is 3.27. The normalized spacial score (nSPS) is 17.8. The highest BCUT2D eigenvalue weighted by Gasteiger charge is 2.34. The fraction of sp³-hybridized carbons (Fsp3) is 0.333. The Labute approximate surface area is 222 Å². The molecule has 1 atom stereocenters.